The van der Waals surface area contributed by atoms with Crippen molar-refractivity contribution in [1.29, 1.82) is 0 Å². The van der Waals surface area contributed by atoms with Crippen LogP contribution in [0.2, 0.25) is 0 Å². The summed E-state index contributed by atoms with van der Waals surface area (Å²) < 4.78 is 13.2. The number of rotatable bonds is 6. The van der Waals surface area contributed by atoms with Crippen molar-refractivity contribution in [3.05, 3.63) is 52.2 Å². The molecule has 1 atom stereocenters. The van der Waals surface area contributed by atoms with Crippen molar-refractivity contribution in [3.63, 3.8) is 0 Å². The number of nitrogens with zero attached hydrogens (tertiary/aromatic N) is 3. The number of likely N-dealkylation sites (N-methyl/N-ethyl adjacent to an activating group) is 1. The van der Waals surface area contributed by atoms with Crippen LogP contribution in [0.25, 0.3) is 0 Å². The summed E-state index contributed by atoms with van der Waals surface area (Å²) in [6, 6.07) is 6.08. The van der Waals surface area contributed by atoms with Crippen LogP contribution in [-0.4, -0.2) is 40.8 Å². The van der Waals surface area contributed by atoms with Crippen molar-refractivity contribution in [1.82, 2.24) is 14.8 Å². The highest BCUT2D eigenvalue weighted by atomic mass is 32.1. The van der Waals surface area contributed by atoms with Gasteiger partial charge in [0.15, 0.2) is 0 Å². The van der Waals surface area contributed by atoms with Gasteiger partial charge >= 0.3 is 0 Å². The van der Waals surface area contributed by atoms with Gasteiger partial charge in [0.05, 0.1) is 6.54 Å². The van der Waals surface area contributed by atoms with Crippen molar-refractivity contribution in [2.45, 2.75) is 31.5 Å². The van der Waals surface area contributed by atoms with Gasteiger partial charge in [0.2, 0.25) is 5.91 Å². The minimum atomic E-state index is -0.406. The van der Waals surface area contributed by atoms with E-state index in [0.717, 1.165) is 23.4 Å². The fraction of sp³-hybridized carbons (Fsp3) is 0.412. The third kappa shape index (κ3) is 3.76. The molecule has 122 valence electrons. The Hall–Kier alpha value is -1.79. The number of aromatic nitrogens is 1. The molecule has 1 saturated carbocycles. The zero-order chi connectivity index (χ0) is 16.4. The first-order chi connectivity index (χ1) is 11.1. The molecule has 23 heavy (non-hydrogen) atoms. The average molecular weight is 333 g/mol. The molecule has 1 aliphatic carbocycles. The first kappa shape index (κ1) is 16.1. The number of hydrogen-bond acceptors (Lipinski definition) is 4. The summed E-state index contributed by atoms with van der Waals surface area (Å²) in [7, 11) is 3.75. The van der Waals surface area contributed by atoms with E-state index in [-0.39, 0.29) is 11.7 Å². The SMILES string of the molecule is CN(C)C(C(=O)N(Cc1nccs1)C1CC1)c1ccc(F)cc1. The fourth-order valence-corrected chi connectivity index (χ4v) is 3.33. The van der Waals surface area contributed by atoms with E-state index in [9.17, 15) is 9.18 Å². The normalized spacial score (nSPS) is 15.7. The molecular weight excluding hydrogens is 313 g/mol. The molecule has 3 rings (SSSR count). The topological polar surface area (TPSA) is 36.4 Å². The first-order valence-electron chi connectivity index (χ1n) is 7.67. The molecule has 1 aromatic carbocycles. The molecule has 0 saturated heterocycles. The molecule has 0 radical (unpaired) electrons. The summed E-state index contributed by atoms with van der Waals surface area (Å²) in [5, 5.41) is 2.87. The number of halogens is 1. The van der Waals surface area contributed by atoms with Gasteiger partial charge in [-0.3, -0.25) is 9.69 Å². The van der Waals surface area contributed by atoms with E-state index < -0.39 is 6.04 Å². The van der Waals surface area contributed by atoms with Gasteiger partial charge in [-0.25, -0.2) is 9.37 Å². The number of hydrogen-bond donors (Lipinski definition) is 0. The zero-order valence-electron chi connectivity index (χ0n) is 13.3. The Kier molecular flexibility index (Phi) is 4.73. The molecule has 1 aliphatic rings. The minimum Gasteiger partial charge on any atom is -0.331 e. The zero-order valence-corrected chi connectivity index (χ0v) is 14.1. The highest BCUT2D eigenvalue weighted by Gasteiger charge is 2.37. The van der Waals surface area contributed by atoms with E-state index in [1.54, 1.807) is 29.7 Å². The average Bonchev–Trinajstić information content (AvgIpc) is 3.23. The second-order valence-corrected chi connectivity index (χ2v) is 7.02. The van der Waals surface area contributed by atoms with Crippen LogP contribution in [0.4, 0.5) is 4.39 Å². The molecule has 0 spiro atoms. The van der Waals surface area contributed by atoms with Gasteiger partial charge in [-0.15, -0.1) is 11.3 Å². The fourth-order valence-electron chi connectivity index (χ4n) is 2.71. The predicted molar refractivity (Wildman–Crippen MR) is 88.5 cm³/mol. The Morgan fingerprint density at radius 2 is 2.04 bits per heavy atom. The first-order valence-corrected chi connectivity index (χ1v) is 8.55. The third-order valence-corrected chi connectivity index (χ3v) is 4.76. The lowest BCUT2D eigenvalue weighted by molar-refractivity contribution is -0.137. The summed E-state index contributed by atoms with van der Waals surface area (Å²) >= 11 is 1.56. The Morgan fingerprint density at radius 1 is 1.35 bits per heavy atom. The van der Waals surface area contributed by atoms with Crippen LogP contribution in [0.1, 0.15) is 29.5 Å². The van der Waals surface area contributed by atoms with Crippen LogP contribution < -0.4 is 0 Å². The van der Waals surface area contributed by atoms with Crippen molar-refractivity contribution in [3.8, 4) is 0 Å². The smallest absolute Gasteiger partial charge is 0.245 e. The van der Waals surface area contributed by atoms with E-state index in [0.29, 0.717) is 12.6 Å². The lowest BCUT2D eigenvalue weighted by Gasteiger charge is -2.30. The summed E-state index contributed by atoms with van der Waals surface area (Å²) in [5.74, 6) is -0.236. The monoisotopic (exact) mass is 333 g/mol. The molecule has 6 heteroatoms. The lowest BCUT2D eigenvalue weighted by atomic mass is 10.0. The maximum Gasteiger partial charge on any atom is 0.245 e. The molecule has 0 N–H and O–H groups in total. The van der Waals surface area contributed by atoms with Crippen molar-refractivity contribution in [2.24, 2.45) is 0 Å². The van der Waals surface area contributed by atoms with Gasteiger partial charge < -0.3 is 4.90 Å². The van der Waals surface area contributed by atoms with E-state index >= 15 is 0 Å². The highest BCUT2D eigenvalue weighted by molar-refractivity contribution is 7.09. The maximum absolute atomic E-state index is 13.2. The van der Waals surface area contributed by atoms with E-state index in [1.165, 1.54) is 12.1 Å². The standard InChI is InChI=1S/C17H20FN3OS/c1-20(2)16(12-3-5-13(18)6-4-12)17(22)21(14-7-8-14)11-15-19-9-10-23-15/h3-6,9-10,14,16H,7-8,11H2,1-2H3. The Balaban J connectivity index is 1.84. The molecule has 0 bridgehead atoms. The number of amides is 1. The second kappa shape index (κ2) is 6.76. The number of carbonyl (C=O) groups excluding carboxylic acids is 1. The molecule has 1 aromatic heterocycles. The van der Waals surface area contributed by atoms with Crippen LogP contribution in [0.5, 0.6) is 0 Å². The Morgan fingerprint density at radius 3 is 2.57 bits per heavy atom. The largest absolute Gasteiger partial charge is 0.331 e. The van der Waals surface area contributed by atoms with Crippen molar-refractivity contribution < 1.29 is 9.18 Å². The van der Waals surface area contributed by atoms with Crippen molar-refractivity contribution in [2.75, 3.05) is 14.1 Å². The Bertz CT molecular complexity index is 653. The van der Waals surface area contributed by atoms with E-state index in [2.05, 4.69) is 4.98 Å². The lowest BCUT2D eigenvalue weighted by Crippen LogP contribution is -2.41. The maximum atomic E-state index is 13.2. The summed E-state index contributed by atoms with van der Waals surface area (Å²) in [6.45, 7) is 0.548. The second-order valence-electron chi connectivity index (χ2n) is 6.04. The number of benzene rings is 1. The summed E-state index contributed by atoms with van der Waals surface area (Å²) in [5.41, 5.74) is 0.811. The van der Waals surface area contributed by atoms with Gasteiger partial charge in [-0.05, 0) is 44.6 Å². The van der Waals surface area contributed by atoms with Crippen LogP contribution in [0.15, 0.2) is 35.8 Å². The molecule has 1 fully saturated rings. The van der Waals surface area contributed by atoms with Gasteiger partial charge in [-0.2, -0.15) is 0 Å². The number of thiazole rings is 1. The van der Waals surface area contributed by atoms with Gasteiger partial charge in [0.1, 0.15) is 16.9 Å². The van der Waals surface area contributed by atoms with E-state index in [4.69, 9.17) is 0 Å². The molecule has 2 aromatic rings. The highest BCUT2D eigenvalue weighted by Crippen LogP contribution is 2.32. The predicted octanol–water partition coefficient (Wildman–Crippen LogP) is 3.08. The Labute approximate surface area is 139 Å². The molecule has 1 unspecified atom stereocenters. The summed E-state index contributed by atoms with van der Waals surface area (Å²) in [4.78, 5) is 21.2. The van der Waals surface area contributed by atoms with Crippen LogP contribution in [0, 0.1) is 5.82 Å². The number of carbonyl (C=O) groups is 1. The molecular formula is C17H20FN3OS. The molecule has 1 amide bonds. The van der Waals surface area contributed by atoms with Crippen molar-refractivity contribution >= 4 is 17.2 Å². The molecule has 4 nitrogen and oxygen atoms in total. The molecule has 1 heterocycles. The van der Waals surface area contributed by atoms with E-state index in [1.807, 2.05) is 29.3 Å². The van der Waals surface area contributed by atoms with Crippen LogP contribution in [0.3, 0.4) is 0 Å². The molecule has 0 aliphatic heterocycles. The van der Waals surface area contributed by atoms with Gasteiger partial charge in [0, 0.05) is 17.6 Å². The van der Waals surface area contributed by atoms with Gasteiger partial charge in [-0.1, -0.05) is 12.1 Å². The summed E-state index contributed by atoms with van der Waals surface area (Å²) in [6.07, 6.45) is 3.85. The third-order valence-electron chi connectivity index (χ3n) is 4.00. The van der Waals surface area contributed by atoms with Gasteiger partial charge in [0.25, 0.3) is 0 Å². The van der Waals surface area contributed by atoms with Crippen LogP contribution in [-0.2, 0) is 11.3 Å². The van der Waals surface area contributed by atoms with Crippen LogP contribution >= 0.6 is 11.3 Å². The quantitative estimate of drug-likeness (QED) is 0.815. The minimum absolute atomic E-state index is 0.0549.